The minimum Gasteiger partial charge on any atom is -0.469 e. The van der Waals surface area contributed by atoms with E-state index in [2.05, 4.69) is 25.7 Å². The molecule has 1 heterocycles. The monoisotopic (exact) mass is 281 g/mol. The number of aryl methyl sites for hydroxylation is 1. The SMILES string of the molecule is COC(=O)CCc1cc(Br)cc2cc[nH]c12. The van der Waals surface area contributed by atoms with Crippen LogP contribution >= 0.6 is 15.9 Å². The van der Waals surface area contributed by atoms with Gasteiger partial charge < -0.3 is 9.72 Å². The lowest BCUT2D eigenvalue weighted by Gasteiger charge is -2.04. The average Bonchev–Trinajstić information content (AvgIpc) is 2.73. The number of halogens is 1. The second kappa shape index (κ2) is 4.70. The summed E-state index contributed by atoms with van der Waals surface area (Å²) in [5.41, 5.74) is 2.21. The van der Waals surface area contributed by atoms with E-state index in [1.165, 1.54) is 7.11 Å². The first-order valence-electron chi connectivity index (χ1n) is 5.03. The summed E-state index contributed by atoms with van der Waals surface area (Å²) in [4.78, 5) is 14.3. The minimum atomic E-state index is -0.181. The van der Waals surface area contributed by atoms with Crippen LogP contribution < -0.4 is 0 Å². The Labute approximate surface area is 102 Å². The molecular formula is C12H12BrNO2. The molecule has 0 fully saturated rings. The molecule has 1 aromatic carbocycles. The Balaban J connectivity index is 2.28. The molecule has 0 aliphatic heterocycles. The van der Waals surface area contributed by atoms with E-state index in [0.29, 0.717) is 12.8 Å². The molecule has 0 saturated heterocycles. The van der Waals surface area contributed by atoms with Crippen molar-refractivity contribution in [1.82, 2.24) is 4.98 Å². The zero-order chi connectivity index (χ0) is 11.5. The molecule has 0 atom stereocenters. The maximum Gasteiger partial charge on any atom is 0.305 e. The molecule has 2 rings (SSSR count). The number of hydrogen-bond acceptors (Lipinski definition) is 2. The lowest BCUT2D eigenvalue weighted by atomic mass is 10.1. The number of nitrogens with one attached hydrogen (secondary N) is 1. The second-order valence-electron chi connectivity index (χ2n) is 3.58. The Morgan fingerprint density at radius 3 is 3.06 bits per heavy atom. The van der Waals surface area contributed by atoms with Crippen molar-refractivity contribution in [3.8, 4) is 0 Å². The quantitative estimate of drug-likeness (QED) is 0.879. The van der Waals surface area contributed by atoms with Crippen molar-refractivity contribution in [3.63, 3.8) is 0 Å². The lowest BCUT2D eigenvalue weighted by molar-refractivity contribution is -0.140. The Hall–Kier alpha value is -1.29. The van der Waals surface area contributed by atoms with Crippen molar-refractivity contribution in [1.29, 1.82) is 0 Å². The predicted octanol–water partition coefficient (Wildman–Crippen LogP) is 3.04. The topological polar surface area (TPSA) is 42.1 Å². The van der Waals surface area contributed by atoms with E-state index < -0.39 is 0 Å². The van der Waals surface area contributed by atoms with Crippen LogP contribution in [0.5, 0.6) is 0 Å². The van der Waals surface area contributed by atoms with E-state index in [0.717, 1.165) is 20.9 Å². The van der Waals surface area contributed by atoms with Crippen molar-refractivity contribution in [2.45, 2.75) is 12.8 Å². The number of aromatic nitrogens is 1. The Kier molecular flexibility index (Phi) is 3.29. The number of methoxy groups -OCH3 is 1. The van der Waals surface area contributed by atoms with Gasteiger partial charge in [0.05, 0.1) is 7.11 Å². The highest BCUT2D eigenvalue weighted by Crippen LogP contribution is 2.24. The fourth-order valence-electron chi connectivity index (χ4n) is 1.74. The number of esters is 1. The molecule has 1 aromatic heterocycles. The Morgan fingerprint density at radius 2 is 2.31 bits per heavy atom. The fourth-order valence-corrected chi connectivity index (χ4v) is 2.27. The molecule has 0 aliphatic carbocycles. The van der Waals surface area contributed by atoms with Gasteiger partial charge in [0.15, 0.2) is 0 Å². The van der Waals surface area contributed by atoms with Gasteiger partial charge >= 0.3 is 5.97 Å². The smallest absolute Gasteiger partial charge is 0.305 e. The molecule has 3 nitrogen and oxygen atoms in total. The first-order chi connectivity index (χ1) is 7.70. The summed E-state index contributed by atoms with van der Waals surface area (Å²) in [5, 5.41) is 1.15. The molecule has 4 heteroatoms. The molecule has 0 bridgehead atoms. The van der Waals surface area contributed by atoms with E-state index in [4.69, 9.17) is 0 Å². The highest BCUT2D eigenvalue weighted by atomic mass is 79.9. The van der Waals surface area contributed by atoms with E-state index in [1.54, 1.807) is 0 Å². The van der Waals surface area contributed by atoms with Crippen molar-refractivity contribution in [3.05, 3.63) is 34.4 Å². The largest absolute Gasteiger partial charge is 0.469 e. The Bertz CT molecular complexity index is 519. The van der Waals surface area contributed by atoms with Crippen molar-refractivity contribution < 1.29 is 9.53 Å². The number of carbonyl (C=O) groups excluding carboxylic acids is 1. The van der Waals surface area contributed by atoms with Crippen LogP contribution in [-0.2, 0) is 16.0 Å². The maximum atomic E-state index is 11.1. The number of aromatic amines is 1. The third-order valence-corrected chi connectivity index (χ3v) is 2.99. The number of H-pyrrole nitrogens is 1. The number of benzene rings is 1. The zero-order valence-electron chi connectivity index (χ0n) is 8.92. The molecular weight excluding hydrogens is 270 g/mol. The maximum absolute atomic E-state index is 11.1. The van der Waals surface area contributed by atoms with Crippen LogP contribution in [0.1, 0.15) is 12.0 Å². The van der Waals surface area contributed by atoms with Gasteiger partial charge in [-0.2, -0.15) is 0 Å². The van der Waals surface area contributed by atoms with Gasteiger partial charge in [-0.3, -0.25) is 4.79 Å². The summed E-state index contributed by atoms with van der Waals surface area (Å²) in [7, 11) is 1.41. The van der Waals surface area contributed by atoms with Gasteiger partial charge in [-0.1, -0.05) is 15.9 Å². The molecule has 1 N–H and O–H groups in total. The molecule has 2 aromatic rings. The van der Waals surface area contributed by atoms with Gasteiger partial charge in [0.2, 0.25) is 0 Å². The first-order valence-corrected chi connectivity index (χ1v) is 5.82. The molecule has 0 amide bonds. The summed E-state index contributed by atoms with van der Waals surface area (Å²) in [6.45, 7) is 0. The highest BCUT2D eigenvalue weighted by molar-refractivity contribution is 9.10. The number of rotatable bonds is 3. The minimum absolute atomic E-state index is 0.181. The van der Waals surface area contributed by atoms with Crippen LogP contribution in [-0.4, -0.2) is 18.1 Å². The summed E-state index contributed by atoms with van der Waals surface area (Å²) in [6.07, 6.45) is 2.99. The lowest BCUT2D eigenvalue weighted by Crippen LogP contribution is -2.02. The third-order valence-electron chi connectivity index (χ3n) is 2.53. The molecule has 84 valence electrons. The van der Waals surface area contributed by atoms with Crippen LogP contribution in [0.4, 0.5) is 0 Å². The van der Waals surface area contributed by atoms with Gasteiger partial charge in [0.1, 0.15) is 0 Å². The highest BCUT2D eigenvalue weighted by Gasteiger charge is 2.07. The van der Waals surface area contributed by atoms with Crippen LogP contribution in [0.25, 0.3) is 10.9 Å². The predicted molar refractivity (Wildman–Crippen MR) is 66.3 cm³/mol. The summed E-state index contributed by atoms with van der Waals surface area (Å²) < 4.78 is 5.66. The number of hydrogen-bond donors (Lipinski definition) is 1. The second-order valence-corrected chi connectivity index (χ2v) is 4.50. The fraction of sp³-hybridized carbons (Fsp3) is 0.250. The van der Waals surface area contributed by atoms with E-state index in [9.17, 15) is 4.79 Å². The molecule has 0 spiro atoms. The normalized spacial score (nSPS) is 10.6. The van der Waals surface area contributed by atoms with E-state index in [-0.39, 0.29) is 5.97 Å². The molecule has 0 radical (unpaired) electrons. The van der Waals surface area contributed by atoms with Crippen LogP contribution in [0, 0.1) is 0 Å². The van der Waals surface area contributed by atoms with Crippen molar-refractivity contribution in [2.75, 3.05) is 7.11 Å². The molecule has 0 unspecified atom stereocenters. The van der Waals surface area contributed by atoms with Gasteiger partial charge in [-0.15, -0.1) is 0 Å². The van der Waals surface area contributed by atoms with Gasteiger partial charge in [0.25, 0.3) is 0 Å². The van der Waals surface area contributed by atoms with Crippen molar-refractivity contribution in [2.24, 2.45) is 0 Å². The van der Waals surface area contributed by atoms with Crippen LogP contribution in [0.15, 0.2) is 28.9 Å². The first kappa shape index (κ1) is 11.2. The van der Waals surface area contributed by atoms with Crippen molar-refractivity contribution >= 4 is 32.8 Å². The summed E-state index contributed by atoms with van der Waals surface area (Å²) in [6, 6.07) is 6.09. The van der Waals surface area contributed by atoms with Gasteiger partial charge in [0, 0.05) is 28.0 Å². The number of fused-ring (bicyclic) bond motifs is 1. The summed E-state index contributed by atoms with van der Waals surface area (Å²) >= 11 is 3.46. The van der Waals surface area contributed by atoms with E-state index >= 15 is 0 Å². The van der Waals surface area contributed by atoms with E-state index in [1.807, 2.05) is 24.4 Å². The van der Waals surface area contributed by atoms with Crippen LogP contribution in [0.2, 0.25) is 0 Å². The average molecular weight is 282 g/mol. The van der Waals surface area contributed by atoms with Crippen LogP contribution in [0.3, 0.4) is 0 Å². The Morgan fingerprint density at radius 1 is 1.50 bits per heavy atom. The number of carbonyl (C=O) groups is 1. The van der Waals surface area contributed by atoms with Gasteiger partial charge in [-0.05, 0) is 30.2 Å². The number of ether oxygens (including phenoxy) is 1. The molecule has 16 heavy (non-hydrogen) atoms. The molecule has 0 saturated carbocycles. The standard InChI is InChI=1S/C12H12BrNO2/c1-16-11(15)3-2-8-6-10(13)7-9-4-5-14-12(8)9/h4-7,14H,2-3H2,1H3. The zero-order valence-corrected chi connectivity index (χ0v) is 10.5. The third kappa shape index (κ3) is 2.27. The van der Waals surface area contributed by atoms with Gasteiger partial charge in [-0.25, -0.2) is 0 Å². The summed E-state index contributed by atoms with van der Waals surface area (Å²) in [5.74, 6) is -0.181. The molecule has 0 aliphatic rings.